The van der Waals surface area contributed by atoms with Crippen molar-refractivity contribution in [2.45, 2.75) is 10.9 Å². The number of H-pyrrole nitrogens is 1. The maximum atomic E-state index is 11.6. The molecule has 1 aliphatic heterocycles. The van der Waals surface area contributed by atoms with Crippen LogP contribution in [0, 0.1) is 5.92 Å². The lowest BCUT2D eigenvalue weighted by molar-refractivity contribution is -0.110. The molecule has 0 radical (unpaired) electrons. The number of hydrogen-bond acceptors (Lipinski definition) is 5. The molecule has 0 unspecified atom stereocenters. The minimum absolute atomic E-state index is 0.0430. The summed E-state index contributed by atoms with van der Waals surface area (Å²) >= 11 is 2.75. The molecule has 104 valence electrons. The Balaban J connectivity index is 2.07. The average molecular weight is 307 g/mol. The van der Waals surface area contributed by atoms with Gasteiger partial charge in [-0.05, 0) is 17.7 Å². The Morgan fingerprint density at radius 2 is 2.10 bits per heavy atom. The second kappa shape index (κ2) is 5.46. The summed E-state index contributed by atoms with van der Waals surface area (Å²) in [5.74, 6) is 1.33. The number of rotatable bonds is 3. The molecule has 3 rings (SSSR count). The van der Waals surface area contributed by atoms with Crippen LogP contribution in [0.15, 0.2) is 34.1 Å². The number of fused-ring (bicyclic) bond motifs is 1. The summed E-state index contributed by atoms with van der Waals surface area (Å²) in [6, 6.07) is 7.69. The van der Waals surface area contributed by atoms with Crippen molar-refractivity contribution in [3.63, 3.8) is 0 Å². The summed E-state index contributed by atoms with van der Waals surface area (Å²) < 4.78 is 5.16. The van der Waals surface area contributed by atoms with E-state index in [9.17, 15) is 9.59 Å². The Hall–Kier alpha value is -1.53. The number of carbonyl (C=O) groups excluding carboxylic acids is 1. The van der Waals surface area contributed by atoms with E-state index in [0.29, 0.717) is 5.75 Å². The first-order chi connectivity index (χ1) is 9.72. The number of aromatic amines is 1. The first-order valence-electron chi connectivity index (χ1n) is 6.18. The molecule has 1 aromatic carbocycles. The molecule has 1 aromatic heterocycles. The van der Waals surface area contributed by atoms with E-state index < -0.39 is 0 Å². The highest BCUT2D eigenvalue weighted by Crippen LogP contribution is 2.44. The Morgan fingerprint density at radius 1 is 1.35 bits per heavy atom. The Labute approximate surface area is 124 Å². The Kier molecular flexibility index (Phi) is 3.67. The molecule has 0 aliphatic carbocycles. The van der Waals surface area contributed by atoms with Gasteiger partial charge in [-0.3, -0.25) is 4.79 Å². The number of ether oxygens (including phenoxy) is 1. The summed E-state index contributed by atoms with van der Waals surface area (Å²) in [5.41, 5.74) is 1.04. The fraction of sp³-hybridized carbons (Fsp3) is 0.286. The fourth-order valence-corrected chi connectivity index (χ4v) is 4.80. The molecule has 6 heteroatoms. The van der Waals surface area contributed by atoms with E-state index in [4.69, 9.17) is 4.74 Å². The van der Waals surface area contributed by atoms with Crippen LogP contribution in [-0.4, -0.2) is 24.1 Å². The maximum absolute atomic E-state index is 11.6. The van der Waals surface area contributed by atoms with Crippen molar-refractivity contribution < 1.29 is 9.53 Å². The van der Waals surface area contributed by atoms with Gasteiger partial charge in [0, 0.05) is 22.5 Å². The summed E-state index contributed by atoms with van der Waals surface area (Å²) in [7, 11) is 1.62. The van der Waals surface area contributed by atoms with Gasteiger partial charge in [0.25, 0.3) is 0 Å². The van der Waals surface area contributed by atoms with E-state index in [-0.39, 0.29) is 16.7 Å². The van der Waals surface area contributed by atoms with Gasteiger partial charge in [0.2, 0.25) is 0 Å². The van der Waals surface area contributed by atoms with Gasteiger partial charge in [-0.2, -0.15) is 0 Å². The number of hydrogen-bond donors (Lipinski definition) is 1. The molecule has 0 bridgehead atoms. The number of carbonyl (C=O) groups is 1. The number of thioether (sulfide) groups is 1. The lowest BCUT2D eigenvalue weighted by Gasteiger charge is -2.27. The quantitative estimate of drug-likeness (QED) is 0.885. The smallest absolute Gasteiger partial charge is 0.305 e. The largest absolute Gasteiger partial charge is 0.497 e. The van der Waals surface area contributed by atoms with Gasteiger partial charge in [0.1, 0.15) is 12.0 Å². The van der Waals surface area contributed by atoms with E-state index in [1.165, 1.54) is 11.3 Å². The van der Waals surface area contributed by atoms with Gasteiger partial charge in [-0.25, -0.2) is 0 Å². The molecule has 2 atom stereocenters. The topological polar surface area (TPSA) is 59.2 Å². The van der Waals surface area contributed by atoms with Crippen LogP contribution >= 0.6 is 23.1 Å². The molecular formula is C14H13NO3S2. The van der Waals surface area contributed by atoms with E-state index in [2.05, 4.69) is 4.98 Å². The summed E-state index contributed by atoms with van der Waals surface area (Å²) in [6.07, 6.45) is 0.995. The predicted octanol–water partition coefficient (Wildman–Crippen LogP) is 2.50. The zero-order chi connectivity index (χ0) is 14.1. The van der Waals surface area contributed by atoms with Crippen molar-refractivity contribution in [1.29, 1.82) is 0 Å². The van der Waals surface area contributed by atoms with Crippen molar-refractivity contribution in [3.05, 3.63) is 44.4 Å². The monoisotopic (exact) mass is 307 g/mol. The summed E-state index contributed by atoms with van der Waals surface area (Å²) in [5, 5.41) is 0.902. The maximum Gasteiger partial charge on any atom is 0.305 e. The van der Waals surface area contributed by atoms with E-state index in [0.717, 1.165) is 27.5 Å². The lowest BCUT2D eigenvalue weighted by Crippen LogP contribution is -2.21. The van der Waals surface area contributed by atoms with Crippen LogP contribution in [0.25, 0.3) is 0 Å². The van der Waals surface area contributed by atoms with E-state index >= 15 is 0 Å². The zero-order valence-electron chi connectivity index (χ0n) is 10.8. The van der Waals surface area contributed by atoms with Crippen molar-refractivity contribution in [1.82, 2.24) is 4.98 Å². The van der Waals surface area contributed by atoms with Crippen molar-refractivity contribution in [3.8, 4) is 5.75 Å². The SMILES string of the molecule is COc1ccc([C@H]2c3sc(=O)[nH]c3SC[C@@H]2C=O)cc1. The molecule has 0 saturated carbocycles. The number of methoxy groups -OCH3 is 1. The number of aromatic nitrogens is 1. The first-order valence-corrected chi connectivity index (χ1v) is 7.98. The third-order valence-corrected chi connectivity index (χ3v) is 5.68. The van der Waals surface area contributed by atoms with Gasteiger partial charge >= 0.3 is 4.87 Å². The van der Waals surface area contributed by atoms with Crippen molar-refractivity contribution in [2.75, 3.05) is 12.9 Å². The average Bonchev–Trinajstić information content (AvgIpc) is 2.86. The lowest BCUT2D eigenvalue weighted by atomic mass is 9.86. The molecule has 20 heavy (non-hydrogen) atoms. The molecular weight excluding hydrogens is 294 g/mol. The van der Waals surface area contributed by atoms with Crippen LogP contribution in [-0.2, 0) is 4.79 Å². The van der Waals surface area contributed by atoms with Crippen LogP contribution in [0.1, 0.15) is 16.4 Å². The molecule has 0 spiro atoms. The van der Waals surface area contributed by atoms with Gasteiger partial charge in [0.15, 0.2) is 0 Å². The highest BCUT2D eigenvalue weighted by atomic mass is 32.2. The summed E-state index contributed by atoms with van der Waals surface area (Å²) in [4.78, 5) is 26.7. The van der Waals surface area contributed by atoms with Crippen LogP contribution < -0.4 is 9.61 Å². The first kappa shape index (κ1) is 13.5. The third kappa shape index (κ3) is 2.29. The summed E-state index contributed by atoms with van der Waals surface area (Å²) in [6.45, 7) is 0. The fourth-order valence-electron chi connectivity index (χ4n) is 2.44. The Bertz CT molecular complexity index is 674. The third-order valence-electron chi connectivity index (χ3n) is 3.42. The second-order valence-corrected chi connectivity index (χ2v) is 6.61. The number of aldehydes is 1. The van der Waals surface area contributed by atoms with E-state index in [1.807, 2.05) is 24.3 Å². The van der Waals surface area contributed by atoms with Crippen LogP contribution in [0.2, 0.25) is 0 Å². The zero-order valence-corrected chi connectivity index (χ0v) is 12.4. The molecule has 0 fully saturated rings. The standard InChI is InChI=1S/C14H13NO3S2/c1-18-10-4-2-8(3-5-10)11-9(6-16)7-19-13-12(11)20-14(17)15-13/h2-6,9,11H,7H2,1H3,(H,15,17)/t9-,11+/m0/s1. The highest BCUT2D eigenvalue weighted by molar-refractivity contribution is 7.99. The van der Waals surface area contributed by atoms with Crippen LogP contribution in [0.5, 0.6) is 5.75 Å². The van der Waals surface area contributed by atoms with Crippen LogP contribution in [0.4, 0.5) is 0 Å². The molecule has 2 aromatic rings. The normalized spacial score (nSPS) is 21.2. The van der Waals surface area contributed by atoms with Crippen LogP contribution in [0.3, 0.4) is 0 Å². The minimum Gasteiger partial charge on any atom is -0.497 e. The molecule has 4 nitrogen and oxygen atoms in total. The van der Waals surface area contributed by atoms with E-state index in [1.54, 1.807) is 18.9 Å². The molecule has 2 heterocycles. The number of thiazole rings is 1. The minimum atomic E-state index is -0.104. The molecule has 1 N–H and O–H groups in total. The van der Waals surface area contributed by atoms with Crippen molar-refractivity contribution in [2.24, 2.45) is 5.92 Å². The molecule has 0 saturated heterocycles. The van der Waals surface area contributed by atoms with Gasteiger partial charge < -0.3 is 14.5 Å². The van der Waals surface area contributed by atoms with Gasteiger partial charge in [0.05, 0.1) is 12.1 Å². The van der Waals surface area contributed by atoms with Crippen molar-refractivity contribution >= 4 is 29.4 Å². The predicted molar refractivity (Wildman–Crippen MR) is 80.1 cm³/mol. The highest BCUT2D eigenvalue weighted by Gasteiger charge is 2.33. The number of benzene rings is 1. The molecule has 0 amide bonds. The molecule has 1 aliphatic rings. The second-order valence-electron chi connectivity index (χ2n) is 4.57. The van der Waals surface area contributed by atoms with Gasteiger partial charge in [-0.1, -0.05) is 23.5 Å². The number of nitrogens with one attached hydrogen (secondary N) is 1. The van der Waals surface area contributed by atoms with Gasteiger partial charge in [-0.15, -0.1) is 11.8 Å². The Morgan fingerprint density at radius 3 is 2.75 bits per heavy atom.